The van der Waals surface area contributed by atoms with E-state index in [1.54, 1.807) is 0 Å². The van der Waals surface area contributed by atoms with Crippen molar-refractivity contribution in [1.82, 2.24) is 0 Å². The van der Waals surface area contributed by atoms with Gasteiger partial charge in [0.15, 0.2) is 11.6 Å². The lowest BCUT2D eigenvalue weighted by molar-refractivity contribution is -0.127. The zero-order chi connectivity index (χ0) is 15.8. The van der Waals surface area contributed by atoms with Gasteiger partial charge in [-0.1, -0.05) is 72.8 Å². The molecule has 0 fully saturated rings. The summed E-state index contributed by atoms with van der Waals surface area (Å²) in [5.74, 6) is -0.602. The van der Waals surface area contributed by atoms with Gasteiger partial charge >= 0.3 is 0 Å². The molecular formula is C21H16O2. The van der Waals surface area contributed by atoms with Gasteiger partial charge in [-0.05, 0) is 22.3 Å². The van der Waals surface area contributed by atoms with Crippen LogP contribution in [-0.4, -0.2) is 11.6 Å². The Morgan fingerprint density at radius 2 is 1.13 bits per heavy atom. The van der Waals surface area contributed by atoms with Gasteiger partial charge in [0, 0.05) is 0 Å². The maximum atomic E-state index is 12.6. The molecule has 0 aromatic heterocycles. The van der Waals surface area contributed by atoms with E-state index in [9.17, 15) is 9.59 Å². The number of ketones is 2. The average Bonchev–Trinajstić information content (AvgIpc) is 3.19. The molecule has 0 amide bonds. The predicted molar refractivity (Wildman–Crippen MR) is 91.1 cm³/mol. The maximum Gasteiger partial charge on any atom is 0.151 e. The van der Waals surface area contributed by atoms with Gasteiger partial charge in [0.25, 0.3) is 0 Å². The van der Waals surface area contributed by atoms with E-state index >= 15 is 0 Å². The SMILES string of the molecule is O=C(CC(=O)C1C=Cc2ccccc21)C1C=Cc2ccccc21. The minimum absolute atomic E-state index is 0.0195. The molecule has 2 aliphatic rings. The molecule has 0 aliphatic heterocycles. The lowest BCUT2D eigenvalue weighted by Gasteiger charge is -2.12. The van der Waals surface area contributed by atoms with Crippen molar-refractivity contribution in [2.75, 3.05) is 0 Å². The topological polar surface area (TPSA) is 34.1 Å². The molecule has 2 nitrogen and oxygen atoms in total. The second-order valence-corrected chi connectivity index (χ2v) is 6.04. The van der Waals surface area contributed by atoms with E-state index < -0.39 is 0 Å². The van der Waals surface area contributed by atoms with Crippen molar-refractivity contribution in [2.45, 2.75) is 18.3 Å². The number of benzene rings is 2. The monoisotopic (exact) mass is 300 g/mol. The maximum absolute atomic E-state index is 12.6. The van der Waals surface area contributed by atoms with Crippen molar-refractivity contribution in [3.63, 3.8) is 0 Å². The van der Waals surface area contributed by atoms with E-state index in [2.05, 4.69) is 0 Å². The normalized spacial score (nSPS) is 20.3. The quantitative estimate of drug-likeness (QED) is 0.795. The third-order valence-electron chi connectivity index (χ3n) is 4.64. The zero-order valence-corrected chi connectivity index (χ0v) is 12.6. The number of carbonyl (C=O) groups excluding carboxylic acids is 2. The van der Waals surface area contributed by atoms with E-state index in [1.165, 1.54) is 0 Å². The Balaban J connectivity index is 1.52. The number of Topliss-reactive ketones (excluding diaryl/α,β-unsaturated/α-hetero) is 2. The number of rotatable bonds is 4. The average molecular weight is 300 g/mol. The Hall–Kier alpha value is -2.74. The summed E-state index contributed by atoms with van der Waals surface area (Å²) < 4.78 is 0. The predicted octanol–water partition coefficient (Wildman–Crippen LogP) is 4.14. The third-order valence-corrected chi connectivity index (χ3v) is 4.64. The lowest BCUT2D eigenvalue weighted by atomic mass is 9.89. The molecule has 2 atom stereocenters. The summed E-state index contributed by atoms with van der Waals surface area (Å²) in [6.07, 6.45) is 7.71. The van der Waals surface area contributed by atoms with Crippen LogP contribution >= 0.6 is 0 Å². The fourth-order valence-electron chi connectivity index (χ4n) is 3.45. The molecule has 112 valence electrons. The summed E-state index contributed by atoms with van der Waals surface area (Å²) in [4.78, 5) is 25.2. The van der Waals surface area contributed by atoms with Gasteiger partial charge in [-0.15, -0.1) is 0 Å². The van der Waals surface area contributed by atoms with Crippen LogP contribution in [0.3, 0.4) is 0 Å². The van der Waals surface area contributed by atoms with Crippen molar-refractivity contribution in [3.05, 3.63) is 82.9 Å². The Morgan fingerprint density at radius 1 is 0.696 bits per heavy atom. The molecule has 0 N–H and O–H groups in total. The van der Waals surface area contributed by atoms with E-state index in [0.717, 1.165) is 22.3 Å². The lowest BCUT2D eigenvalue weighted by Crippen LogP contribution is -2.18. The molecule has 0 radical (unpaired) electrons. The van der Waals surface area contributed by atoms with Gasteiger partial charge in [0.2, 0.25) is 0 Å². The summed E-state index contributed by atoms with van der Waals surface area (Å²) >= 11 is 0. The highest BCUT2D eigenvalue weighted by atomic mass is 16.1. The first-order valence-electron chi connectivity index (χ1n) is 7.84. The molecule has 2 unspecified atom stereocenters. The van der Waals surface area contributed by atoms with Crippen molar-refractivity contribution < 1.29 is 9.59 Å². The minimum Gasteiger partial charge on any atom is -0.298 e. The van der Waals surface area contributed by atoms with Crippen molar-refractivity contribution in [3.8, 4) is 0 Å². The minimum atomic E-state index is -0.282. The summed E-state index contributed by atoms with van der Waals surface area (Å²) in [6, 6.07) is 15.7. The Kier molecular flexibility index (Phi) is 3.30. The van der Waals surface area contributed by atoms with Crippen LogP contribution in [0.1, 0.15) is 40.5 Å². The van der Waals surface area contributed by atoms with Crippen LogP contribution in [0, 0.1) is 0 Å². The first-order valence-corrected chi connectivity index (χ1v) is 7.84. The number of fused-ring (bicyclic) bond motifs is 2. The molecule has 23 heavy (non-hydrogen) atoms. The molecule has 4 rings (SSSR count). The van der Waals surface area contributed by atoms with Crippen LogP contribution in [0.15, 0.2) is 60.7 Å². The number of allylic oxidation sites excluding steroid dienone is 2. The highest BCUT2D eigenvalue weighted by Crippen LogP contribution is 2.34. The van der Waals surface area contributed by atoms with Crippen LogP contribution in [0.4, 0.5) is 0 Å². The van der Waals surface area contributed by atoms with Gasteiger partial charge in [-0.3, -0.25) is 9.59 Å². The summed E-state index contributed by atoms with van der Waals surface area (Å²) in [5, 5.41) is 0. The first kappa shape index (κ1) is 13.9. The second kappa shape index (κ2) is 5.47. The van der Waals surface area contributed by atoms with Gasteiger partial charge in [0.05, 0.1) is 18.3 Å². The summed E-state index contributed by atoms with van der Waals surface area (Å²) in [6.45, 7) is 0. The molecule has 0 heterocycles. The first-order chi connectivity index (χ1) is 11.2. The highest BCUT2D eigenvalue weighted by Gasteiger charge is 2.29. The van der Waals surface area contributed by atoms with E-state index in [4.69, 9.17) is 0 Å². The molecular weight excluding hydrogens is 284 g/mol. The third kappa shape index (κ3) is 2.36. The van der Waals surface area contributed by atoms with Crippen molar-refractivity contribution in [2.24, 2.45) is 0 Å². The standard InChI is InChI=1S/C21H16O2/c22-20(18-11-9-14-5-1-3-7-16(14)18)13-21(23)19-12-10-15-6-2-4-8-17(15)19/h1-12,18-19H,13H2. The number of carbonyl (C=O) groups is 2. The Labute approximate surface area is 135 Å². The highest BCUT2D eigenvalue weighted by molar-refractivity contribution is 6.08. The Bertz CT molecular complexity index is 786. The largest absolute Gasteiger partial charge is 0.298 e. The van der Waals surface area contributed by atoms with Crippen LogP contribution in [-0.2, 0) is 9.59 Å². The fraction of sp³-hybridized carbons (Fsp3) is 0.143. The molecule has 0 saturated heterocycles. The summed E-state index contributed by atoms with van der Waals surface area (Å²) in [5.41, 5.74) is 4.16. The smallest absolute Gasteiger partial charge is 0.151 e. The van der Waals surface area contributed by atoms with Crippen molar-refractivity contribution >= 4 is 23.7 Å². The zero-order valence-electron chi connectivity index (χ0n) is 12.6. The summed E-state index contributed by atoms with van der Waals surface area (Å²) in [7, 11) is 0. The second-order valence-electron chi connectivity index (χ2n) is 6.04. The van der Waals surface area contributed by atoms with Gasteiger partial charge in [0.1, 0.15) is 0 Å². The van der Waals surface area contributed by atoms with Gasteiger partial charge in [-0.25, -0.2) is 0 Å². The molecule has 0 spiro atoms. The Morgan fingerprint density at radius 3 is 1.61 bits per heavy atom. The van der Waals surface area contributed by atoms with E-state index in [0.29, 0.717) is 0 Å². The van der Waals surface area contributed by atoms with Crippen LogP contribution in [0.5, 0.6) is 0 Å². The van der Waals surface area contributed by atoms with Crippen molar-refractivity contribution in [1.29, 1.82) is 0 Å². The van der Waals surface area contributed by atoms with Gasteiger partial charge < -0.3 is 0 Å². The van der Waals surface area contributed by atoms with Crippen LogP contribution in [0.25, 0.3) is 12.2 Å². The van der Waals surface area contributed by atoms with Crippen LogP contribution in [0.2, 0.25) is 0 Å². The molecule has 2 aliphatic carbocycles. The molecule has 2 aromatic carbocycles. The molecule has 2 heteroatoms. The van der Waals surface area contributed by atoms with E-state index in [-0.39, 0.29) is 29.8 Å². The number of hydrogen-bond acceptors (Lipinski definition) is 2. The van der Waals surface area contributed by atoms with E-state index in [1.807, 2.05) is 72.8 Å². The molecule has 0 saturated carbocycles. The van der Waals surface area contributed by atoms with Gasteiger partial charge in [-0.2, -0.15) is 0 Å². The number of hydrogen-bond donors (Lipinski definition) is 0. The van der Waals surface area contributed by atoms with Crippen LogP contribution < -0.4 is 0 Å². The molecule has 0 bridgehead atoms. The fourth-order valence-corrected chi connectivity index (χ4v) is 3.45. The molecule has 2 aromatic rings.